The minimum absolute atomic E-state index is 0.477. The van der Waals surface area contributed by atoms with Crippen molar-refractivity contribution in [2.45, 2.75) is 26.7 Å². The molecule has 5 heteroatoms. The minimum atomic E-state index is -0.477. The lowest BCUT2D eigenvalue weighted by atomic mass is 10.3. The SMILES string of the molecule is C=C(F)/C=C\C(=C/C)n1ccc2nc(NCCCC)ncc21. The van der Waals surface area contributed by atoms with Crippen LogP contribution in [0.15, 0.2) is 49.1 Å². The predicted octanol–water partition coefficient (Wildman–Crippen LogP) is 4.54. The third kappa shape index (κ3) is 3.81. The van der Waals surface area contributed by atoms with Gasteiger partial charge in [0.15, 0.2) is 0 Å². The molecule has 0 amide bonds. The standard InChI is InChI=1S/C17H21FN4/c1-4-6-10-19-17-20-12-16-15(21-17)9-11-22(16)14(5-2)8-7-13(3)18/h5,7-9,11-12H,3-4,6,10H2,1-2H3,(H,19,20,21)/b8-7-,14-5+. The van der Waals surface area contributed by atoms with Gasteiger partial charge in [-0.1, -0.05) is 26.0 Å². The molecule has 0 saturated heterocycles. The average molecular weight is 300 g/mol. The Balaban J connectivity index is 2.27. The third-order valence-electron chi connectivity index (χ3n) is 3.26. The van der Waals surface area contributed by atoms with Gasteiger partial charge >= 0.3 is 0 Å². The fourth-order valence-electron chi connectivity index (χ4n) is 2.10. The first-order valence-corrected chi connectivity index (χ1v) is 7.43. The van der Waals surface area contributed by atoms with Crippen molar-refractivity contribution in [1.29, 1.82) is 0 Å². The molecule has 0 aromatic carbocycles. The second-order valence-corrected chi connectivity index (χ2v) is 4.92. The van der Waals surface area contributed by atoms with Gasteiger partial charge in [-0.3, -0.25) is 0 Å². The van der Waals surface area contributed by atoms with Crippen LogP contribution in [0.4, 0.5) is 10.3 Å². The van der Waals surface area contributed by atoms with Gasteiger partial charge in [0.2, 0.25) is 5.95 Å². The number of fused-ring (bicyclic) bond motifs is 1. The maximum atomic E-state index is 12.8. The van der Waals surface area contributed by atoms with E-state index in [-0.39, 0.29) is 0 Å². The van der Waals surface area contributed by atoms with E-state index in [1.807, 2.05) is 29.8 Å². The molecular formula is C17H21FN4. The average Bonchev–Trinajstić information content (AvgIpc) is 2.91. The van der Waals surface area contributed by atoms with Crippen LogP contribution in [0.5, 0.6) is 0 Å². The zero-order valence-corrected chi connectivity index (χ0v) is 13.0. The van der Waals surface area contributed by atoms with Crippen molar-refractivity contribution in [3.8, 4) is 0 Å². The number of rotatable bonds is 7. The Hall–Kier alpha value is -2.43. The summed E-state index contributed by atoms with van der Waals surface area (Å²) in [6.45, 7) is 8.13. The van der Waals surface area contributed by atoms with Crippen LogP contribution in [0.25, 0.3) is 16.7 Å². The van der Waals surface area contributed by atoms with Gasteiger partial charge in [-0.05, 0) is 31.6 Å². The second-order valence-electron chi connectivity index (χ2n) is 4.92. The maximum absolute atomic E-state index is 12.8. The molecule has 0 bridgehead atoms. The molecule has 0 unspecified atom stereocenters. The van der Waals surface area contributed by atoms with Crippen molar-refractivity contribution in [3.05, 3.63) is 49.1 Å². The lowest BCUT2D eigenvalue weighted by molar-refractivity contribution is 0.671. The van der Waals surface area contributed by atoms with E-state index in [1.165, 1.54) is 6.08 Å². The van der Waals surface area contributed by atoms with Gasteiger partial charge in [-0.2, -0.15) is 0 Å². The van der Waals surface area contributed by atoms with Crippen molar-refractivity contribution in [2.24, 2.45) is 0 Å². The van der Waals surface area contributed by atoms with E-state index in [0.29, 0.717) is 5.95 Å². The molecule has 0 aliphatic carbocycles. The molecule has 0 fully saturated rings. The number of halogens is 1. The Morgan fingerprint density at radius 2 is 2.27 bits per heavy atom. The molecule has 2 rings (SSSR count). The van der Waals surface area contributed by atoms with Crippen LogP contribution in [0.1, 0.15) is 26.7 Å². The number of nitrogens with zero attached hydrogens (tertiary/aromatic N) is 3. The first-order chi connectivity index (χ1) is 10.7. The van der Waals surface area contributed by atoms with Gasteiger partial charge in [0.1, 0.15) is 5.83 Å². The quantitative estimate of drug-likeness (QED) is 0.603. The number of anilines is 1. The summed E-state index contributed by atoms with van der Waals surface area (Å²) in [7, 11) is 0. The van der Waals surface area contributed by atoms with E-state index in [9.17, 15) is 4.39 Å². The van der Waals surface area contributed by atoms with E-state index < -0.39 is 5.83 Å². The van der Waals surface area contributed by atoms with Crippen LogP contribution in [-0.2, 0) is 0 Å². The van der Waals surface area contributed by atoms with E-state index >= 15 is 0 Å². The van der Waals surface area contributed by atoms with E-state index in [4.69, 9.17) is 0 Å². The number of nitrogens with one attached hydrogen (secondary N) is 1. The van der Waals surface area contributed by atoms with Crippen molar-refractivity contribution in [2.75, 3.05) is 11.9 Å². The van der Waals surface area contributed by atoms with Crippen molar-refractivity contribution >= 4 is 22.7 Å². The molecule has 0 radical (unpaired) electrons. The molecule has 2 aromatic rings. The molecule has 22 heavy (non-hydrogen) atoms. The second kappa shape index (κ2) is 7.54. The molecular weight excluding hydrogens is 279 g/mol. The van der Waals surface area contributed by atoms with E-state index in [1.54, 1.807) is 12.3 Å². The smallest absolute Gasteiger partial charge is 0.223 e. The summed E-state index contributed by atoms with van der Waals surface area (Å²) in [5.74, 6) is 0.155. The lowest BCUT2D eigenvalue weighted by Gasteiger charge is -2.07. The number of aromatic nitrogens is 3. The summed E-state index contributed by atoms with van der Waals surface area (Å²) in [6, 6.07) is 1.92. The Labute approximate surface area is 130 Å². The first kappa shape index (κ1) is 15.9. The first-order valence-electron chi connectivity index (χ1n) is 7.43. The number of allylic oxidation sites excluding steroid dienone is 5. The molecule has 0 atom stereocenters. The number of unbranched alkanes of at least 4 members (excludes halogenated alkanes) is 1. The number of hydrogen-bond acceptors (Lipinski definition) is 3. The van der Waals surface area contributed by atoms with Crippen molar-refractivity contribution < 1.29 is 4.39 Å². The Bertz CT molecular complexity index is 713. The summed E-state index contributed by atoms with van der Waals surface area (Å²) in [5, 5.41) is 3.21. The molecule has 1 N–H and O–H groups in total. The Morgan fingerprint density at radius 1 is 1.45 bits per heavy atom. The fourth-order valence-corrected chi connectivity index (χ4v) is 2.10. The van der Waals surface area contributed by atoms with E-state index in [2.05, 4.69) is 28.8 Å². The molecule has 0 saturated carbocycles. The van der Waals surface area contributed by atoms with Crippen LogP contribution in [0.2, 0.25) is 0 Å². The van der Waals surface area contributed by atoms with Crippen molar-refractivity contribution in [1.82, 2.24) is 14.5 Å². The van der Waals surface area contributed by atoms with Gasteiger partial charge in [0.25, 0.3) is 0 Å². The highest BCUT2D eigenvalue weighted by Gasteiger charge is 2.06. The van der Waals surface area contributed by atoms with Gasteiger partial charge < -0.3 is 9.88 Å². The maximum Gasteiger partial charge on any atom is 0.223 e. The van der Waals surface area contributed by atoms with Gasteiger partial charge in [-0.25, -0.2) is 14.4 Å². The van der Waals surface area contributed by atoms with Gasteiger partial charge in [-0.15, -0.1) is 0 Å². The molecule has 0 aliphatic rings. The monoisotopic (exact) mass is 300 g/mol. The van der Waals surface area contributed by atoms with Gasteiger partial charge in [0, 0.05) is 18.4 Å². The zero-order chi connectivity index (χ0) is 15.9. The Morgan fingerprint density at radius 3 is 2.95 bits per heavy atom. The summed E-state index contributed by atoms with van der Waals surface area (Å²) in [6.07, 6.45) is 10.8. The Kier molecular flexibility index (Phi) is 5.47. The van der Waals surface area contributed by atoms with Crippen LogP contribution in [0.3, 0.4) is 0 Å². The summed E-state index contributed by atoms with van der Waals surface area (Å²) in [4.78, 5) is 8.83. The predicted molar refractivity (Wildman–Crippen MR) is 90.3 cm³/mol. The molecule has 4 nitrogen and oxygen atoms in total. The highest BCUT2D eigenvalue weighted by atomic mass is 19.1. The normalized spacial score (nSPS) is 12.2. The van der Waals surface area contributed by atoms with E-state index in [0.717, 1.165) is 36.1 Å². The van der Waals surface area contributed by atoms with Crippen LogP contribution in [0, 0.1) is 0 Å². The highest BCUT2D eigenvalue weighted by Crippen LogP contribution is 2.20. The largest absolute Gasteiger partial charge is 0.354 e. The number of hydrogen-bond donors (Lipinski definition) is 1. The van der Waals surface area contributed by atoms with Crippen LogP contribution in [-0.4, -0.2) is 21.1 Å². The van der Waals surface area contributed by atoms with Gasteiger partial charge in [0.05, 0.1) is 17.2 Å². The van der Waals surface area contributed by atoms with Crippen LogP contribution < -0.4 is 5.32 Å². The minimum Gasteiger partial charge on any atom is -0.354 e. The third-order valence-corrected chi connectivity index (χ3v) is 3.26. The lowest BCUT2D eigenvalue weighted by Crippen LogP contribution is -2.05. The van der Waals surface area contributed by atoms with Crippen LogP contribution >= 0.6 is 0 Å². The molecule has 116 valence electrons. The summed E-state index contributed by atoms with van der Waals surface area (Å²) in [5.41, 5.74) is 2.56. The van der Waals surface area contributed by atoms with Crippen molar-refractivity contribution in [3.63, 3.8) is 0 Å². The highest BCUT2D eigenvalue weighted by molar-refractivity contribution is 5.81. The molecule has 0 aliphatic heterocycles. The summed E-state index contributed by atoms with van der Waals surface area (Å²) < 4.78 is 14.7. The zero-order valence-electron chi connectivity index (χ0n) is 13.0. The molecule has 2 heterocycles. The topological polar surface area (TPSA) is 42.7 Å². The molecule has 2 aromatic heterocycles. The molecule has 0 spiro atoms. The summed E-state index contributed by atoms with van der Waals surface area (Å²) >= 11 is 0. The fraction of sp³-hybridized carbons (Fsp3) is 0.294.